The Labute approximate surface area is 159 Å². The maximum atomic E-state index is 11.9. The number of carbonyl (C=O) groups excluding carboxylic acids is 4. The average molecular weight is 386 g/mol. The highest BCUT2D eigenvalue weighted by Crippen LogP contribution is 2.19. The number of rotatable bonds is 10. The molecule has 0 aromatic rings. The predicted molar refractivity (Wildman–Crippen MR) is 95.6 cm³/mol. The van der Waals surface area contributed by atoms with Crippen molar-refractivity contribution in [2.45, 2.75) is 67.2 Å². The average Bonchev–Trinajstić information content (AvgIpc) is 2.49. The second-order valence-electron chi connectivity index (χ2n) is 8.47. The molecule has 154 valence electrons. The van der Waals surface area contributed by atoms with E-state index in [1.807, 2.05) is 0 Å². The van der Waals surface area contributed by atoms with E-state index in [0.29, 0.717) is 0 Å². The Bertz CT molecular complexity index is 577. The molecule has 0 aromatic heterocycles. The molecule has 0 bridgehead atoms. The van der Waals surface area contributed by atoms with Crippen molar-refractivity contribution >= 4 is 29.5 Å². The number of ether oxygens (including phenoxy) is 2. The van der Waals surface area contributed by atoms with E-state index in [9.17, 15) is 29.1 Å². The first kappa shape index (κ1) is 24.8. The van der Waals surface area contributed by atoms with Crippen molar-refractivity contribution < 1.29 is 38.6 Å². The van der Waals surface area contributed by atoms with Crippen molar-refractivity contribution in [1.29, 1.82) is 0 Å². The molecule has 0 rings (SSSR count). The lowest BCUT2D eigenvalue weighted by Gasteiger charge is -2.17. The summed E-state index contributed by atoms with van der Waals surface area (Å²) in [6, 6.07) is 0. The van der Waals surface area contributed by atoms with Crippen molar-refractivity contribution in [2.75, 3.05) is 6.79 Å². The summed E-state index contributed by atoms with van der Waals surface area (Å²) in [5.74, 6) is -4.52. The van der Waals surface area contributed by atoms with Crippen LogP contribution in [0.1, 0.15) is 67.2 Å². The molecule has 1 N–H and O–H groups in total. The lowest BCUT2D eigenvalue weighted by atomic mass is 9.87. The van der Waals surface area contributed by atoms with E-state index in [2.05, 4.69) is 0 Å². The highest BCUT2D eigenvalue weighted by molar-refractivity contribution is 5.91. The summed E-state index contributed by atoms with van der Waals surface area (Å²) in [6.07, 6.45) is -0.939. The van der Waals surface area contributed by atoms with Gasteiger partial charge in [0.1, 0.15) is 11.6 Å². The first-order valence-corrected chi connectivity index (χ1v) is 8.75. The van der Waals surface area contributed by atoms with E-state index >= 15 is 0 Å². The summed E-state index contributed by atoms with van der Waals surface area (Å²) in [5.41, 5.74) is -1.33. The van der Waals surface area contributed by atoms with Gasteiger partial charge in [0, 0.05) is 24.7 Å². The number of ketones is 2. The molecule has 0 heterocycles. The first-order valence-electron chi connectivity index (χ1n) is 8.75. The third-order valence-corrected chi connectivity index (χ3v) is 3.73. The molecule has 0 spiro atoms. The van der Waals surface area contributed by atoms with Gasteiger partial charge >= 0.3 is 17.9 Å². The Morgan fingerprint density at radius 1 is 0.815 bits per heavy atom. The Kier molecular flexibility index (Phi) is 9.33. The Morgan fingerprint density at radius 2 is 1.37 bits per heavy atom. The van der Waals surface area contributed by atoms with Crippen molar-refractivity contribution in [3.63, 3.8) is 0 Å². The third kappa shape index (κ3) is 10.5. The lowest BCUT2D eigenvalue weighted by molar-refractivity contribution is -0.174. The second-order valence-corrected chi connectivity index (χ2v) is 8.47. The molecule has 0 aliphatic heterocycles. The minimum absolute atomic E-state index is 0.0296. The van der Waals surface area contributed by atoms with Crippen LogP contribution in [0, 0.1) is 16.7 Å². The van der Waals surface area contributed by atoms with Crippen LogP contribution in [0.3, 0.4) is 0 Å². The summed E-state index contributed by atoms with van der Waals surface area (Å²) >= 11 is 0. The van der Waals surface area contributed by atoms with Gasteiger partial charge in [0.2, 0.25) is 6.79 Å². The summed E-state index contributed by atoms with van der Waals surface area (Å²) in [7, 11) is 0. The minimum atomic E-state index is -1.31. The molecule has 0 aliphatic rings. The van der Waals surface area contributed by atoms with Gasteiger partial charge in [-0.3, -0.25) is 24.0 Å². The molecule has 0 saturated heterocycles. The number of hydrogen-bond donors (Lipinski definition) is 1. The zero-order chi connectivity index (χ0) is 21.4. The van der Waals surface area contributed by atoms with Gasteiger partial charge in [-0.15, -0.1) is 0 Å². The maximum absolute atomic E-state index is 11.9. The van der Waals surface area contributed by atoms with E-state index < -0.39 is 53.7 Å². The number of hydrogen-bond acceptors (Lipinski definition) is 7. The molecule has 0 radical (unpaired) electrons. The number of esters is 2. The van der Waals surface area contributed by atoms with Crippen LogP contribution in [-0.4, -0.2) is 41.4 Å². The highest BCUT2D eigenvalue weighted by atomic mass is 16.7. The summed E-state index contributed by atoms with van der Waals surface area (Å²) in [6.45, 7) is 9.50. The number of carboxylic acids is 1. The second kappa shape index (κ2) is 10.2. The fourth-order valence-corrected chi connectivity index (χ4v) is 1.88. The van der Waals surface area contributed by atoms with Crippen LogP contribution in [0.15, 0.2) is 0 Å². The van der Waals surface area contributed by atoms with Gasteiger partial charge in [0.15, 0.2) is 0 Å². The van der Waals surface area contributed by atoms with E-state index in [1.165, 1.54) is 0 Å². The SMILES string of the molecule is CC(C)(C)C(=O)CCC(=O)CC(CC(=O)OCOC(=O)C(C)(C)C)C(=O)O. The van der Waals surface area contributed by atoms with E-state index in [0.717, 1.165) is 0 Å². The summed E-state index contributed by atoms with van der Waals surface area (Å²) < 4.78 is 9.47. The van der Waals surface area contributed by atoms with Crippen molar-refractivity contribution in [3.8, 4) is 0 Å². The lowest BCUT2D eigenvalue weighted by Crippen LogP contribution is -2.26. The molecule has 0 aromatic carbocycles. The largest absolute Gasteiger partial charge is 0.481 e. The Hall–Kier alpha value is -2.25. The number of Topliss-reactive ketones (excluding diaryl/α,β-unsaturated/α-hetero) is 2. The summed E-state index contributed by atoms with van der Waals surface area (Å²) in [5, 5.41) is 9.19. The molecule has 1 atom stereocenters. The predicted octanol–water partition coefficient (Wildman–Crippen LogP) is 2.52. The normalized spacial score (nSPS) is 12.8. The smallest absolute Gasteiger partial charge is 0.314 e. The monoisotopic (exact) mass is 386 g/mol. The molecule has 8 nitrogen and oxygen atoms in total. The molecule has 27 heavy (non-hydrogen) atoms. The van der Waals surface area contributed by atoms with Gasteiger partial charge < -0.3 is 14.6 Å². The molecular formula is C19H30O8. The van der Waals surface area contributed by atoms with Crippen molar-refractivity contribution in [1.82, 2.24) is 0 Å². The van der Waals surface area contributed by atoms with E-state index in [-0.39, 0.29) is 25.0 Å². The van der Waals surface area contributed by atoms with Crippen LogP contribution < -0.4 is 0 Å². The third-order valence-electron chi connectivity index (χ3n) is 3.73. The van der Waals surface area contributed by atoms with Gasteiger partial charge in [-0.1, -0.05) is 20.8 Å². The van der Waals surface area contributed by atoms with Crippen LogP contribution in [-0.2, 0) is 33.4 Å². The molecule has 0 aliphatic carbocycles. The van der Waals surface area contributed by atoms with Gasteiger partial charge in [-0.25, -0.2) is 0 Å². The van der Waals surface area contributed by atoms with Gasteiger partial charge in [0.05, 0.1) is 17.8 Å². The topological polar surface area (TPSA) is 124 Å². The number of carbonyl (C=O) groups is 5. The van der Waals surface area contributed by atoms with Crippen LogP contribution in [0.25, 0.3) is 0 Å². The molecule has 0 fully saturated rings. The quantitative estimate of drug-likeness (QED) is 0.448. The first-order chi connectivity index (χ1) is 12.1. The molecule has 0 amide bonds. The van der Waals surface area contributed by atoms with Gasteiger partial charge in [0.25, 0.3) is 0 Å². The highest BCUT2D eigenvalue weighted by Gasteiger charge is 2.27. The van der Waals surface area contributed by atoms with Crippen molar-refractivity contribution in [2.24, 2.45) is 16.7 Å². The fourth-order valence-electron chi connectivity index (χ4n) is 1.88. The minimum Gasteiger partial charge on any atom is -0.481 e. The fraction of sp³-hybridized carbons (Fsp3) is 0.737. The van der Waals surface area contributed by atoms with Crippen molar-refractivity contribution in [3.05, 3.63) is 0 Å². The van der Waals surface area contributed by atoms with E-state index in [4.69, 9.17) is 9.47 Å². The Morgan fingerprint density at radius 3 is 1.81 bits per heavy atom. The van der Waals surface area contributed by atoms with Gasteiger partial charge in [-0.2, -0.15) is 0 Å². The van der Waals surface area contributed by atoms with Crippen LogP contribution in [0.5, 0.6) is 0 Å². The van der Waals surface area contributed by atoms with Gasteiger partial charge in [-0.05, 0) is 20.8 Å². The maximum Gasteiger partial charge on any atom is 0.314 e. The standard InChI is InChI=1S/C19H30O8/c1-18(2,3)14(21)8-7-13(20)9-12(16(23)24)10-15(22)26-11-27-17(25)19(4,5)6/h12H,7-11H2,1-6H3,(H,23,24). The van der Waals surface area contributed by atoms with E-state index in [1.54, 1.807) is 41.5 Å². The van der Waals surface area contributed by atoms with Crippen LogP contribution in [0.4, 0.5) is 0 Å². The van der Waals surface area contributed by atoms with Crippen LogP contribution in [0.2, 0.25) is 0 Å². The molecule has 8 heteroatoms. The zero-order valence-electron chi connectivity index (χ0n) is 16.9. The van der Waals surface area contributed by atoms with Crippen LogP contribution >= 0.6 is 0 Å². The molecule has 0 saturated carbocycles. The number of carboxylic acid groups (broad SMARTS) is 1. The Balaban J connectivity index is 4.46. The molecule has 1 unspecified atom stereocenters. The number of aliphatic carboxylic acids is 1. The summed E-state index contributed by atoms with van der Waals surface area (Å²) in [4.78, 5) is 58.3. The molecular weight excluding hydrogens is 356 g/mol. The zero-order valence-corrected chi connectivity index (χ0v) is 16.9.